The van der Waals surface area contributed by atoms with Crippen molar-refractivity contribution >= 4 is 64.3 Å². The molecule has 15 heteroatoms. The van der Waals surface area contributed by atoms with E-state index in [4.69, 9.17) is 27.9 Å². The second-order valence-electron chi connectivity index (χ2n) is 9.04. The number of hydrogen-bond acceptors (Lipinski definition) is 9. The van der Waals surface area contributed by atoms with E-state index in [0.29, 0.717) is 41.5 Å². The number of anilines is 1. The Morgan fingerprint density at radius 1 is 1.15 bits per heavy atom. The minimum absolute atomic E-state index is 0.125. The molecule has 1 aromatic heterocycles. The quantitative estimate of drug-likeness (QED) is 0.290. The molecule has 12 nitrogen and oxygen atoms in total. The molecule has 1 aliphatic heterocycles. The number of aromatic nitrogens is 4. The molecule has 2 aromatic carbocycles. The maximum absolute atomic E-state index is 13.3. The molecule has 41 heavy (non-hydrogen) atoms. The summed E-state index contributed by atoms with van der Waals surface area (Å²) in [6, 6.07) is 9.83. The van der Waals surface area contributed by atoms with Crippen molar-refractivity contribution in [2.24, 2.45) is 0 Å². The van der Waals surface area contributed by atoms with Crippen molar-refractivity contribution in [1.29, 1.82) is 0 Å². The number of esters is 1. The fourth-order valence-electron chi connectivity index (χ4n) is 4.24. The first kappa shape index (κ1) is 30.3. The minimum atomic E-state index is -0.988. The first-order chi connectivity index (χ1) is 19.8. The highest BCUT2D eigenvalue weighted by molar-refractivity contribution is 7.99. The summed E-state index contributed by atoms with van der Waals surface area (Å²) in [5, 5.41) is 19.5. The van der Waals surface area contributed by atoms with Crippen molar-refractivity contribution in [2.45, 2.75) is 31.3 Å². The number of thioether (sulfide) groups is 1. The molecule has 2 atom stereocenters. The molecule has 3 aromatic rings. The van der Waals surface area contributed by atoms with Gasteiger partial charge in [-0.15, -0.1) is 10.2 Å². The van der Waals surface area contributed by atoms with E-state index < -0.39 is 29.9 Å². The Morgan fingerprint density at radius 2 is 1.88 bits per heavy atom. The number of rotatable bonds is 10. The second-order valence-corrected chi connectivity index (χ2v) is 11.0. The zero-order chi connectivity index (χ0) is 29.4. The molecule has 4 rings (SSSR count). The number of aryl methyl sites for hydroxylation is 1. The Kier molecular flexibility index (Phi) is 10.6. The van der Waals surface area contributed by atoms with E-state index in [0.717, 1.165) is 0 Å². The summed E-state index contributed by atoms with van der Waals surface area (Å²) in [6.45, 7) is 0.406. The number of carbonyl (C=O) groups excluding carboxylic acids is 4. The summed E-state index contributed by atoms with van der Waals surface area (Å²) in [4.78, 5) is 53.0. The Balaban J connectivity index is 1.39. The smallest absolute Gasteiger partial charge is 0.328 e. The van der Waals surface area contributed by atoms with Gasteiger partial charge in [0.15, 0.2) is 5.82 Å². The monoisotopic (exact) mass is 619 g/mol. The van der Waals surface area contributed by atoms with Crippen molar-refractivity contribution in [3.8, 4) is 0 Å². The fourth-order valence-corrected chi connectivity index (χ4v) is 5.86. The van der Waals surface area contributed by atoms with E-state index in [1.54, 1.807) is 54.2 Å². The zero-order valence-electron chi connectivity index (χ0n) is 21.9. The molecule has 1 fully saturated rings. The Hall–Kier alpha value is -3.68. The van der Waals surface area contributed by atoms with Crippen LogP contribution in [-0.4, -0.2) is 86.5 Å². The van der Waals surface area contributed by atoms with E-state index in [1.165, 1.54) is 12.0 Å². The van der Waals surface area contributed by atoms with Crippen molar-refractivity contribution in [1.82, 2.24) is 30.8 Å². The summed E-state index contributed by atoms with van der Waals surface area (Å²) >= 11 is 13.8. The van der Waals surface area contributed by atoms with E-state index in [2.05, 4.69) is 31.3 Å². The Labute approximate surface area is 249 Å². The van der Waals surface area contributed by atoms with Crippen LogP contribution in [0.25, 0.3) is 0 Å². The lowest BCUT2D eigenvalue weighted by atomic mass is 10.0. The summed E-state index contributed by atoms with van der Waals surface area (Å²) in [5.41, 5.74) is 1.36. The molecule has 3 N–H and O–H groups in total. The molecule has 0 spiro atoms. The van der Waals surface area contributed by atoms with Crippen LogP contribution in [0.15, 0.2) is 42.5 Å². The molecular formula is C26H27Cl2N7O5S. The summed E-state index contributed by atoms with van der Waals surface area (Å²) in [6.07, 6.45) is 0.550. The van der Waals surface area contributed by atoms with E-state index in [-0.39, 0.29) is 34.4 Å². The summed E-state index contributed by atoms with van der Waals surface area (Å²) in [7, 11) is 1.24. The van der Waals surface area contributed by atoms with Crippen LogP contribution in [0.3, 0.4) is 0 Å². The van der Waals surface area contributed by atoms with Crippen LogP contribution in [0.4, 0.5) is 5.69 Å². The molecule has 0 bridgehead atoms. The number of aromatic amines is 1. The van der Waals surface area contributed by atoms with Crippen molar-refractivity contribution in [2.75, 3.05) is 30.5 Å². The van der Waals surface area contributed by atoms with Crippen LogP contribution in [0, 0.1) is 0 Å². The molecule has 1 saturated heterocycles. The zero-order valence-corrected chi connectivity index (χ0v) is 24.3. The summed E-state index contributed by atoms with van der Waals surface area (Å²) in [5.74, 6) is -0.227. The van der Waals surface area contributed by atoms with Gasteiger partial charge in [0, 0.05) is 43.0 Å². The topological polar surface area (TPSA) is 159 Å². The number of hydrogen-bond donors (Lipinski definition) is 3. The van der Waals surface area contributed by atoms with Gasteiger partial charge in [-0.2, -0.15) is 17.0 Å². The average Bonchev–Trinajstić information content (AvgIpc) is 3.50. The molecule has 0 aliphatic carbocycles. The fraction of sp³-hybridized carbons (Fsp3) is 0.346. The van der Waals surface area contributed by atoms with E-state index >= 15 is 0 Å². The minimum Gasteiger partial charge on any atom is -0.467 e. The van der Waals surface area contributed by atoms with Crippen LogP contribution in [0.5, 0.6) is 0 Å². The number of methoxy groups -OCH3 is 1. The predicted molar refractivity (Wildman–Crippen MR) is 154 cm³/mol. The van der Waals surface area contributed by atoms with Gasteiger partial charge in [0.1, 0.15) is 12.1 Å². The Morgan fingerprint density at radius 3 is 2.54 bits per heavy atom. The van der Waals surface area contributed by atoms with Gasteiger partial charge in [0.05, 0.1) is 22.7 Å². The first-order valence-corrected chi connectivity index (χ1v) is 14.5. The van der Waals surface area contributed by atoms with Crippen molar-refractivity contribution in [3.05, 3.63) is 69.5 Å². The van der Waals surface area contributed by atoms with Gasteiger partial charge >= 0.3 is 5.97 Å². The largest absolute Gasteiger partial charge is 0.467 e. The highest BCUT2D eigenvalue weighted by atomic mass is 35.5. The number of tetrazole rings is 1. The molecule has 2 heterocycles. The lowest BCUT2D eigenvalue weighted by Crippen LogP contribution is -2.57. The third-order valence-corrected chi connectivity index (χ3v) is 8.00. The van der Waals surface area contributed by atoms with Gasteiger partial charge in [-0.05, 0) is 29.8 Å². The van der Waals surface area contributed by atoms with E-state index in [9.17, 15) is 19.2 Å². The lowest BCUT2D eigenvalue weighted by molar-refractivity contribution is -0.146. The molecular weight excluding hydrogens is 593 g/mol. The van der Waals surface area contributed by atoms with Gasteiger partial charge in [-0.1, -0.05) is 46.6 Å². The lowest BCUT2D eigenvalue weighted by Gasteiger charge is -2.35. The maximum atomic E-state index is 13.3. The molecule has 3 amide bonds. The number of halogens is 2. The number of H-pyrrole nitrogens is 1. The maximum Gasteiger partial charge on any atom is 0.328 e. The molecule has 2 unspecified atom stereocenters. The van der Waals surface area contributed by atoms with Gasteiger partial charge in [0.2, 0.25) is 11.8 Å². The Bertz CT molecular complexity index is 1370. The standard InChI is InChI=1S/C26H27Cl2N7O5S/c1-40-26(39)19(13-15-5-7-16(8-6-15)29-25(38)23-17(27)3-2-4-18(23)28)30-24(37)20-14-41-12-11-35(20)22(36)10-9-21-31-33-34-32-21/h2-8,19-20H,9-14H2,1H3,(H,29,38)(H,30,37)(H,31,32,33,34). The molecule has 1 aliphatic rings. The SMILES string of the molecule is COC(=O)C(Cc1ccc(NC(=O)c2c(Cl)cccc2Cl)cc1)NC(=O)C1CSCCN1C(=O)CCc1nn[nH]n1. The van der Waals surface area contributed by atoms with Gasteiger partial charge in [0.25, 0.3) is 5.91 Å². The summed E-state index contributed by atoms with van der Waals surface area (Å²) < 4.78 is 4.93. The highest BCUT2D eigenvalue weighted by Crippen LogP contribution is 2.25. The number of nitrogens with zero attached hydrogens (tertiary/aromatic N) is 4. The number of amides is 3. The van der Waals surface area contributed by atoms with Gasteiger partial charge < -0.3 is 20.3 Å². The van der Waals surface area contributed by atoms with Crippen LogP contribution in [0.1, 0.15) is 28.2 Å². The van der Waals surface area contributed by atoms with Crippen molar-refractivity contribution < 1.29 is 23.9 Å². The van der Waals surface area contributed by atoms with Gasteiger partial charge in [-0.25, -0.2) is 4.79 Å². The number of carbonyl (C=O) groups is 4. The first-order valence-electron chi connectivity index (χ1n) is 12.6. The van der Waals surface area contributed by atoms with Crippen LogP contribution in [-0.2, 0) is 32.0 Å². The van der Waals surface area contributed by atoms with E-state index in [1.807, 2.05) is 0 Å². The van der Waals surface area contributed by atoms with Crippen LogP contribution < -0.4 is 10.6 Å². The third kappa shape index (κ3) is 7.96. The van der Waals surface area contributed by atoms with Crippen LogP contribution in [0.2, 0.25) is 10.0 Å². The molecule has 216 valence electrons. The number of ether oxygens (including phenoxy) is 1. The second kappa shape index (κ2) is 14.3. The predicted octanol–water partition coefficient (Wildman–Crippen LogP) is 2.54. The number of benzene rings is 2. The van der Waals surface area contributed by atoms with Crippen LogP contribution >= 0.6 is 35.0 Å². The van der Waals surface area contributed by atoms with Gasteiger partial charge in [-0.3, -0.25) is 14.4 Å². The normalized spacial score (nSPS) is 15.6. The molecule has 0 saturated carbocycles. The van der Waals surface area contributed by atoms with Crippen molar-refractivity contribution in [3.63, 3.8) is 0 Å². The third-order valence-electron chi connectivity index (χ3n) is 6.35. The number of nitrogens with one attached hydrogen (secondary N) is 3. The molecule has 0 radical (unpaired) electrons. The average molecular weight is 621 g/mol. The highest BCUT2D eigenvalue weighted by Gasteiger charge is 2.34.